The number of rotatable bonds is 9. The van der Waals surface area contributed by atoms with Gasteiger partial charge in [-0.05, 0) is 49.1 Å². The summed E-state index contributed by atoms with van der Waals surface area (Å²) in [6.07, 6.45) is 5.22. The number of benzene rings is 1. The van der Waals surface area contributed by atoms with Crippen LogP contribution in [0.3, 0.4) is 0 Å². The minimum atomic E-state index is -0.0557. The van der Waals surface area contributed by atoms with Crippen molar-refractivity contribution in [3.05, 3.63) is 54.0 Å². The number of nitrogens with one attached hydrogen (secondary N) is 1. The number of thioether (sulfide) groups is 1. The van der Waals surface area contributed by atoms with Crippen molar-refractivity contribution in [3.8, 4) is 5.75 Å². The van der Waals surface area contributed by atoms with Gasteiger partial charge in [-0.25, -0.2) is 0 Å². The van der Waals surface area contributed by atoms with Crippen LogP contribution in [-0.2, 0) is 17.9 Å². The van der Waals surface area contributed by atoms with Gasteiger partial charge in [-0.3, -0.25) is 9.36 Å². The standard InChI is InChI=1S/C22H27N5O3S/c1-29-18-8-5-7-17(13-18)14-23-20(28)16-31-22-25-24-21(26-10-3-2-4-11-26)27(22)15-19-9-6-12-30-19/h5-9,12-13H,2-4,10-11,14-16H2,1H3,(H,23,28). The molecule has 0 unspecified atom stereocenters. The molecular weight excluding hydrogens is 414 g/mol. The number of methoxy groups -OCH3 is 1. The lowest BCUT2D eigenvalue weighted by molar-refractivity contribution is -0.118. The average molecular weight is 442 g/mol. The van der Waals surface area contributed by atoms with Crippen LogP contribution >= 0.6 is 11.8 Å². The predicted molar refractivity (Wildman–Crippen MR) is 119 cm³/mol. The van der Waals surface area contributed by atoms with Crippen molar-refractivity contribution in [2.75, 3.05) is 30.9 Å². The van der Waals surface area contributed by atoms with Crippen LogP contribution in [0.25, 0.3) is 0 Å². The highest BCUT2D eigenvalue weighted by molar-refractivity contribution is 7.99. The van der Waals surface area contributed by atoms with E-state index in [2.05, 4.69) is 20.4 Å². The van der Waals surface area contributed by atoms with Crippen LogP contribution < -0.4 is 15.0 Å². The van der Waals surface area contributed by atoms with E-state index in [-0.39, 0.29) is 11.7 Å². The third kappa shape index (κ3) is 5.61. The number of furan rings is 1. The molecule has 0 saturated carbocycles. The molecule has 1 aromatic carbocycles. The number of aromatic nitrogens is 3. The van der Waals surface area contributed by atoms with E-state index in [1.807, 2.05) is 41.0 Å². The summed E-state index contributed by atoms with van der Waals surface area (Å²) in [5, 5.41) is 12.5. The van der Waals surface area contributed by atoms with Gasteiger partial charge in [-0.2, -0.15) is 0 Å². The summed E-state index contributed by atoms with van der Waals surface area (Å²) in [7, 11) is 1.63. The zero-order valence-corrected chi connectivity index (χ0v) is 18.4. The molecule has 0 radical (unpaired) electrons. The Hall–Kier alpha value is -2.94. The Morgan fingerprint density at radius 1 is 1.19 bits per heavy atom. The van der Waals surface area contributed by atoms with Gasteiger partial charge in [-0.15, -0.1) is 10.2 Å². The van der Waals surface area contributed by atoms with E-state index >= 15 is 0 Å². The first-order valence-corrected chi connectivity index (χ1v) is 11.4. The highest BCUT2D eigenvalue weighted by Gasteiger charge is 2.21. The molecule has 1 saturated heterocycles. The number of nitrogens with zero attached hydrogens (tertiary/aromatic N) is 4. The van der Waals surface area contributed by atoms with E-state index in [1.54, 1.807) is 13.4 Å². The van der Waals surface area contributed by atoms with Crippen molar-refractivity contribution in [2.24, 2.45) is 0 Å². The van der Waals surface area contributed by atoms with Crippen molar-refractivity contribution < 1.29 is 13.9 Å². The Bertz CT molecular complexity index is 983. The molecule has 4 rings (SSSR count). The summed E-state index contributed by atoms with van der Waals surface area (Å²) in [6, 6.07) is 11.5. The smallest absolute Gasteiger partial charge is 0.230 e. The van der Waals surface area contributed by atoms with Gasteiger partial charge in [0.2, 0.25) is 11.9 Å². The lowest BCUT2D eigenvalue weighted by Crippen LogP contribution is -2.32. The molecular formula is C22H27N5O3S. The third-order valence-electron chi connectivity index (χ3n) is 5.19. The summed E-state index contributed by atoms with van der Waals surface area (Å²) in [5.74, 6) is 2.66. The van der Waals surface area contributed by atoms with E-state index in [0.29, 0.717) is 18.2 Å². The van der Waals surface area contributed by atoms with Crippen LogP contribution in [0.5, 0.6) is 5.75 Å². The maximum atomic E-state index is 12.4. The maximum Gasteiger partial charge on any atom is 0.230 e. The van der Waals surface area contributed by atoms with E-state index in [4.69, 9.17) is 9.15 Å². The SMILES string of the molecule is COc1cccc(CNC(=O)CSc2nnc(N3CCCCC3)n2Cc2ccco2)c1. The quantitative estimate of drug-likeness (QED) is 0.510. The number of ether oxygens (including phenoxy) is 1. The van der Waals surface area contributed by atoms with Crippen molar-refractivity contribution in [1.29, 1.82) is 0 Å². The highest BCUT2D eigenvalue weighted by Crippen LogP contribution is 2.25. The summed E-state index contributed by atoms with van der Waals surface area (Å²) in [5.41, 5.74) is 0.992. The number of anilines is 1. The lowest BCUT2D eigenvalue weighted by Gasteiger charge is -2.27. The number of carbonyl (C=O) groups excluding carboxylic acids is 1. The normalized spacial score (nSPS) is 13.9. The number of piperidine rings is 1. The van der Waals surface area contributed by atoms with E-state index in [1.165, 1.54) is 18.2 Å². The second-order valence-corrected chi connectivity index (χ2v) is 8.36. The molecule has 2 aromatic heterocycles. The Morgan fingerprint density at radius 3 is 2.84 bits per heavy atom. The zero-order chi connectivity index (χ0) is 21.5. The summed E-state index contributed by atoms with van der Waals surface area (Å²) >= 11 is 1.39. The fourth-order valence-corrected chi connectivity index (χ4v) is 4.34. The van der Waals surface area contributed by atoms with E-state index in [9.17, 15) is 4.79 Å². The number of carbonyl (C=O) groups is 1. The molecule has 0 bridgehead atoms. The molecule has 8 nitrogen and oxygen atoms in total. The van der Waals surface area contributed by atoms with Gasteiger partial charge in [0.15, 0.2) is 5.16 Å². The Labute approximate surface area is 186 Å². The fourth-order valence-electron chi connectivity index (χ4n) is 3.58. The van der Waals surface area contributed by atoms with Crippen molar-refractivity contribution >= 4 is 23.6 Å². The minimum absolute atomic E-state index is 0.0557. The average Bonchev–Trinajstić information content (AvgIpc) is 3.47. The fraction of sp³-hybridized carbons (Fsp3) is 0.409. The van der Waals surface area contributed by atoms with Crippen LogP contribution in [0.15, 0.2) is 52.2 Å². The third-order valence-corrected chi connectivity index (χ3v) is 6.15. The van der Waals surface area contributed by atoms with Crippen molar-refractivity contribution in [3.63, 3.8) is 0 Å². The molecule has 0 atom stereocenters. The van der Waals surface area contributed by atoms with Gasteiger partial charge in [0.1, 0.15) is 11.5 Å². The van der Waals surface area contributed by atoms with Gasteiger partial charge in [-0.1, -0.05) is 23.9 Å². The van der Waals surface area contributed by atoms with Gasteiger partial charge in [0, 0.05) is 19.6 Å². The monoisotopic (exact) mass is 441 g/mol. The van der Waals surface area contributed by atoms with Gasteiger partial charge in [0.25, 0.3) is 0 Å². The maximum absolute atomic E-state index is 12.4. The molecule has 3 heterocycles. The number of hydrogen-bond acceptors (Lipinski definition) is 7. The summed E-state index contributed by atoms with van der Waals surface area (Å²) in [4.78, 5) is 14.7. The van der Waals surface area contributed by atoms with E-state index in [0.717, 1.165) is 49.0 Å². The first kappa shape index (κ1) is 21.3. The molecule has 164 valence electrons. The van der Waals surface area contributed by atoms with Crippen LogP contribution in [0.1, 0.15) is 30.6 Å². The van der Waals surface area contributed by atoms with Gasteiger partial charge < -0.3 is 19.4 Å². The second-order valence-electron chi connectivity index (χ2n) is 7.41. The number of amides is 1. The lowest BCUT2D eigenvalue weighted by atomic mass is 10.1. The van der Waals surface area contributed by atoms with Crippen LogP contribution in [0.4, 0.5) is 5.95 Å². The molecule has 31 heavy (non-hydrogen) atoms. The van der Waals surface area contributed by atoms with Gasteiger partial charge in [0.05, 0.1) is 25.7 Å². The minimum Gasteiger partial charge on any atom is -0.497 e. The van der Waals surface area contributed by atoms with Crippen LogP contribution in [0.2, 0.25) is 0 Å². The highest BCUT2D eigenvalue weighted by atomic mass is 32.2. The molecule has 1 aliphatic heterocycles. The second kappa shape index (κ2) is 10.4. The zero-order valence-electron chi connectivity index (χ0n) is 17.6. The van der Waals surface area contributed by atoms with Crippen LogP contribution in [-0.4, -0.2) is 46.6 Å². The van der Waals surface area contributed by atoms with Gasteiger partial charge >= 0.3 is 0 Å². The molecule has 1 aliphatic rings. The van der Waals surface area contributed by atoms with Crippen LogP contribution in [0, 0.1) is 0 Å². The summed E-state index contributed by atoms with van der Waals surface area (Å²) < 4.78 is 12.8. The van der Waals surface area contributed by atoms with Crippen molar-refractivity contribution in [2.45, 2.75) is 37.5 Å². The Morgan fingerprint density at radius 2 is 2.06 bits per heavy atom. The Balaban J connectivity index is 1.39. The molecule has 0 aliphatic carbocycles. The molecule has 0 spiro atoms. The molecule has 1 N–H and O–H groups in total. The first-order valence-electron chi connectivity index (χ1n) is 10.5. The van der Waals surface area contributed by atoms with Crippen molar-refractivity contribution in [1.82, 2.24) is 20.1 Å². The molecule has 9 heteroatoms. The largest absolute Gasteiger partial charge is 0.497 e. The molecule has 1 fully saturated rings. The molecule has 1 amide bonds. The first-order chi connectivity index (χ1) is 15.2. The summed E-state index contributed by atoms with van der Waals surface area (Å²) in [6.45, 7) is 2.94. The topological polar surface area (TPSA) is 85.4 Å². The molecule has 3 aromatic rings. The Kier molecular flexibility index (Phi) is 7.14. The van der Waals surface area contributed by atoms with E-state index < -0.39 is 0 Å². The number of hydrogen-bond donors (Lipinski definition) is 1. The predicted octanol–water partition coefficient (Wildman–Crippen LogP) is 3.33.